The zero-order valence-electron chi connectivity index (χ0n) is 21.9. The van der Waals surface area contributed by atoms with Crippen LogP contribution in [0.25, 0.3) is 10.9 Å². The number of carbonyl (C=O) groups is 1. The molecule has 0 bridgehead atoms. The average molecular weight is 505 g/mol. The normalized spacial score (nSPS) is 18.0. The summed E-state index contributed by atoms with van der Waals surface area (Å²) in [5.41, 5.74) is 1.96. The Balaban J connectivity index is 1.28. The van der Waals surface area contributed by atoms with Crippen molar-refractivity contribution in [3.05, 3.63) is 54.4 Å². The lowest BCUT2D eigenvalue weighted by Gasteiger charge is -2.38. The van der Waals surface area contributed by atoms with Crippen LogP contribution in [-0.2, 0) is 0 Å². The minimum absolute atomic E-state index is 0.00664. The van der Waals surface area contributed by atoms with E-state index in [0.717, 1.165) is 55.7 Å². The Kier molecular flexibility index (Phi) is 7.60. The van der Waals surface area contributed by atoms with E-state index in [9.17, 15) is 4.79 Å². The van der Waals surface area contributed by atoms with Crippen LogP contribution in [0.5, 0.6) is 11.5 Å². The smallest absolute Gasteiger partial charge is 0.320 e. The highest BCUT2D eigenvalue weighted by Gasteiger charge is 2.29. The molecule has 37 heavy (non-hydrogen) atoms. The second kappa shape index (κ2) is 11.2. The van der Waals surface area contributed by atoms with E-state index < -0.39 is 0 Å². The summed E-state index contributed by atoms with van der Waals surface area (Å²) in [6.07, 6.45) is 3.13. The van der Waals surface area contributed by atoms with E-state index in [-0.39, 0.29) is 18.2 Å². The van der Waals surface area contributed by atoms with Gasteiger partial charge in [0.2, 0.25) is 0 Å². The molecule has 5 rings (SSSR count). The molecule has 1 N–H and O–H groups in total. The van der Waals surface area contributed by atoms with Crippen LogP contribution < -0.4 is 14.8 Å². The molecule has 2 aliphatic rings. The Morgan fingerprint density at radius 3 is 2.38 bits per heavy atom. The lowest BCUT2D eigenvalue weighted by Crippen LogP contribution is -2.53. The summed E-state index contributed by atoms with van der Waals surface area (Å²) in [7, 11) is 3.74. The van der Waals surface area contributed by atoms with Crippen LogP contribution in [0.2, 0.25) is 0 Å². The van der Waals surface area contributed by atoms with Crippen LogP contribution >= 0.6 is 0 Å². The largest absolute Gasteiger partial charge is 0.493 e. The van der Waals surface area contributed by atoms with Gasteiger partial charge in [0.05, 0.1) is 12.6 Å². The van der Waals surface area contributed by atoms with Crippen molar-refractivity contribution >= 4 is 22.8 Å². The Morgan fingerprint density at radius 1 is 0.973 bits per heavy atom. The summed E-state index contributed by atoms with van der Waals surface area (Å²) in [5.74, 6) is 2.06. The SMILES string of the molecule is COc1cc2ncnc(N[C@H](C)c3ccccc3)c2cc1OC1CCN(C(=O)N2CCN(C)CC2)CC1. The number of hydrogen-bond donors (Lipinski definition) is 1. The molecule has 2 fully saturated rings. The van der Waals surface area contributed by atoms with Crippen molar-refractivity contribution in [2.24, 2.45) is 0 Å². The highest BCUT2D eigenvalue weighted by molar-refractivity contribution is 5.91. The van der Waals surface area contributed by atoms with Crippen LogP contribution in [0.15, 0.2) is 48.8 Å². The number of carbonyl (C=O) groups excluding carboxylic acids is 1. The maximum Gasteiger partial charge on any atom is 0.320 e. The fourth-order valence-corrected chi connectivity index (χ4v) is 5.00. The first-order valence-corrected chi connectivity index (χ1v) is 13.0. The Bertz CT molecular complexity index is 1210. The molecule has 2 amide bonds. The third-order valence-corrected chi connectivity index (χ3v) is 7.35. The maximum atomic E-state index is 13.0. The van der Waals surface area contributed by atoms with Crippen molar-refractivity contribution in [1.82, 2.24) is 24.7 Å². The molecule has 0 aliphatic carbocycles. The molecule has 196 valence electrons. The number of nitrogens with one attached hydrogen (secondary N) is 1. The van der Waals surface area contributed by atoms with Gasteiger partial charge in [-0.05, 0) is 25.6 Å². The van der Waals surface area contributed by atoms with Crippen molar-refractivity contribution < 1.29 is 14.3 Å². The molecule has 0 unspecified atom stereocenters. The number of fused-ring (bicyclic) bond motifs is 1. The number of aromatic nitrogens is 2. The van der Waals surface area contributed by atoms with Crippen molar-refractivity contribution in [3.8, 4) is 11.5 Å². The number of likely N-dealkylation sites (N-methyl/N-ethyl adjacent to an activating group) is 1. The van der Waals surface area contributed by atoms with E-state index >= 15 is 0 Å². The lowest BCUT2D eigenvalue weighted by atomic mass is 10.1. The van der Waals surface area contributed by atoms with Crippen molar-refractivity contribution in [1.29, 1.82) is 0 Å². The Morgan fingerprint density at radius 2 is 1.68 bits per heavy atom. The minimum atomic E-state index is 0.00664. The number of piperidine rings is 1. The fourth-order valence-electron chi connectivity index (χ4n) is 5.00. The van der Waals surface area contributed by atoms with E-state index in [2.05, 4.69) is 46.3 Å². The minimum Gasteiger partial charge on any atom is -0.493 e. The van der Waals surface area contributed by atoms with Crippen LogP contribution in [0.1, 0.15) is 31.4 Å². The zero-order valence-corrected chi connectivity index (χ0v) is 21.9. The first kappa shape index (κ1) is 25.1. The molecule has 9 nitrogen and oxygen atoms in total. The highest BCUT2D eigenvalue weighted by atomic mass is 16.5. The number of ether oxygens (including phenoxy) is 2. The van der Waals surface area contributed by atoms with Gasteiger partial charge in [0.15, 0.2) is 11.5 Å². The first-order chi connectivity index (χ1) is 18.0. The fraction of sp³-hybridized carbons (Fsp3) is 0.464. The molecule has 3 aromatic rings. The third kappa shape index (κ3) is 5.72. The number of anilines is 1. The van der Waals surface area contributed by atoms with Crippen molar-refractivity contribution in [2.75, 3.05) is 58.7 Å². The topological polar surface area (TPSA) is 83.1 Å². The monoisotopic (exact) mass is 504 g/mol. The van der Waals surface area contributed by atoms with Gasteiger partial charge in [-0.25, -0.2) is 14.8 Å². The van der Waals surface area contributed by atoms with Gasteiger partial charge >= 0.3 is 6.03 Å². The average Bonchev–Trinajstić information content (AvgIpc) is 2.94. The van der Waals surface area contributed by atoms with Crippen LogP contribution in [0.4, 0.5) is 10.6 Å². The Labute approximate surface area is 218 Å². The molecule has 0 radical (unpaired) electrons. The lowest BCUT2D eigenvalue weighted by molar-refractivity contribution is 0.0828. The summed E-state index contributed by atoms with van der Waals surface area (Å²) >= 11 is 0. The van der Waals surface area contributed by atoms with Gasteiger partial charge in [-0.15, -0.1) is 0 Å². The molecule has 2 aromatic carbocycles. The van der Waals surface area contributed by atoms with Crippen LogP contribution in [0.3, 0.4) is 0 Å². The summed E-state index contributed by atoms with van der Waals surface area (Å²) in [4.78, 5) is 28.1. The number of methoxy groups -OCH3 is 1. The van der Waals surface area contributed by atoms with Crippen LogP contribution in [0, 0.1) is 0 Å². The molecule has 1 atom stereocenters. The van der Waals surface area contributed by atoms with Crippen molar-refractivity contribution in [3.63, 3.8) is 0 Å². The number of amides is 2. The van der Waals surface area contributed by atoms with Gasteiger partial charge in [0.1, 0.15) is 18.2 Å². The van der Waals surface area contributed by atoms with E-state index in [0.29, 0.717) is 24.6 Å². The summed E-state index contributed by atoms with van der Waals surface area (Å²) in [6.45, 7) is 6.94. The summed E-state index contributed by atoms with van der Waals surface area (Å²) in [5, 5.41) is 4.40. The number of nitrogens with zero attached hydrogens (tertiary/aromatic N) is 5. The second-order valence-electron chi connectivity index (χ2n) is 9.90. The summed E-state index contributed by atoms with van der Waals surface area (Å²) < 4.78 is 12.1. The highest BCUT2D eigenvalue weighted by Crippen LogP contribution is 2.36. The zero-order chi connectivity index (χ0) is 25.8. The Hall–Kier alpha value is -3.59. The quantitative estimate of drug-likeness (QED) is 0.543. The van der Waals surface area contributed by atoms with Gasteiger partial charge < -0.3 is 29.5 Å². The van der Waals surface area contributed by atoms with E-state index in [1.165, 1.54) is 5.56 Å². The molecular formula is C28H36N6O3. The predicted molar refractivity (Wildman–Crippen MR) is 144 cm³/mol. The molecule has 0 spiro atoms. The molecule has 3 heterocycles. The second-order valence-corrected chi connectivity index (χ2v) is 9.90. The van der Waals surface area contributed by atoms with Gasteiger partial charge in [-0.2, -0.15) is 0 Å². The number of hydrogen-bond acceptors (Lipinski definition) is 7. The molecule has 1 aromatic heterocycles. The van der Waals surface area contributed by atoms with Gasteiger partial charge in [0.25, 0.3) is 0 Å². The third-order valence-electron chi connectivity index (χ3n) is 7.35. The molecule has 2 saturated heterocycles. The molecule has 0 saturated carbocycles. The maximum absolute atomic E-state index is 13.0. The molecular weight excluding hydrogens is 468 g/mol. The van der Waals surface area contributed by atoms with Gasteiger partial charge in [-0.3, -0.25) is 0 Å². The number of urea groups is 1. The van der Waals surface area contributed by atoms with Gasteiger partial charge in [0, 0.05) is 69.6 Å². The van der Waals surface area contributed by atoms with Crippen molar-refractivity contribution in [2.45, 2.75) is 31.9 Å². The van der Waals surface area contributed by atoms with Crippen LogP contribution in [-0.4, -0.2) is 90.2 Å². The standard InChI is InChI=1S/C28H36N6O3/c1-20(21-7-5-4-6-8-21)31-27-23-17-26(25(36-3)18-24(23)29-19-30-27)37-22-9-11-33(12-10-22)28(35)34-15-13-32(2)14-16-34/h4-8,17-20,22H,9-16H2,1-3H3,(H,29,30,31)/t20-/m1/s1. The molecule has 2 aliphatic heterocycles. The molecule has 9 heteroatoms. The van der Waals surface area contributed by atoms with E-state index in [1.54, 1.807) is 13.4 Å². The van der Waals surface area contributed by atoms with E-state index in [4.69, 9.17) is 9.47 Å². The first-order valence-electron chi connectivity index (χ1n) is 13.0. The predicted octanol–water partition coefficient (Wildman–Crippen LogP) is 4.02. The number of benzene rings is 2. The van der Waals surface area contributed by atoms with E-state index in [1.807, 2.05) is 40.1 Å². The number of piperazine rings is 1. The summed E-state index contributed by atoms with van der Waals surface area (Å²) in [6, 6.07) is 14.4. The van der Waals surface area contributed by atoms with Gasteiger partial charge in [-0.1, -0.05) is 30.3 Å². The number of likely N-dealkylation sites (tertiary alicyclic amines) is 1. The number of rotatable bonds is 6.